The lowest BCUT2D eigenvalue weighted by Crippen LogP contribution is -2.30. The molecule has 0 atom stereocenters. The summed E-state index contributed by atoms with van der Waals surface area (Å²) in [6.45, 7) is 2.07. The van der Waals surface area contributed by atoms with Crippen molar-refractivity contribution >= 4 is 29.0 Å². The van der Waals surface area contributed by atoms with Crippen LogP contribution < -0.4 is 14.8 Å². The molecule has 0 unspecified atom stereocenters. The van der Waals surface area contributed by atoms with E-state index in [4.69, 9.17) is 32.7 Å². The van der Waals surface area contributed by atoms with Crippen LogP contribution in [0.1, 0.15) is 17.5 Å². The molecule has 1 heterocycles. The van der Waals surface area contributed by atoms with E-state index in [1.54, 1.807) is 19.2 Å². The van der Waals surface area contributed by atoms with E-state index in [0.29, 0.717) is 28.2 Å². The van der Waals surface area contributed by atoms with Crippen molar-refractivity contribution in [3.8, 4) is 11.5 Å². The Kier molecular flexibility index (Phi) is 5.48. The first-order valence-electron chi connectivity index (χ1n) is 7.71. The van der Waals surface area contributed by atoms with Gasteiger partial charge in [-0.05, 0) is 36.2 Å². The fraction of sp³-hybridized carbons (Fsp3) is 0.278. The first-order valence-corrected chi connectivity index (χ1v) is 8.47. The number of nitrogens with zero attached hydrogens (tertiary/aromatic N) is 1. The van der Waals surface area contributed by atoms with Crippen LogP contribution in [0.25, 0.3) is 0 Å². The molecule has 3 rings (SSSR count). The number of rotatable bonds is 5. The van der Waals surface area contributed by atoms with E-state index >= 15 is 0 Å². The number of hydrogen-bond donors (Lipinski definition) is 1. The summed E-state index contributed by atoms with van der Waals surface area (Å²) < 4.78 is 11.5. The summed E-state index contributed by atoms with van der Waals surface area (Å²) in [6.07, 6.45) is 1.03. The van der Waals surface area contributed by atoms with Crippen LogP contribution in [0.15, 0.2) is 41.4 Å². The maximum absolute atomic E-state index is 6.07. The van der Waals surface area contributed by atoms with Crippen LogP contribution in [0.2, 0.25) is 10.0 Å². The summed E-state index contributed by atoms with van der Waals surface area (Å²) in [6, 6.07) is 11.2. The van der Waals surface area contributed by atoms with Crippen LogP contribution >= 0.6 is 23.2 Å². The third-order valence-electron chi connectivity index (χ3n) is 3.72. The number of nitrogens with one attached hydrogen (secondary N) is 1. The van der Waals surface area contributed by atoms with Crippen molar-refractivity contribution in [3.05, 3.63) is 57.6 Å². The molecule has 0 aromatic heterocycles. The van der Waals surface area contributed by atoms with Gasteiger partial charge in [0, 0.05) is 13.1 Å². The summed E-state index contributed by atoms with van der Waals surface area (Å²) in [5, 5.41) is 4.36. The molecule has 2 aromatic rings. The third kappa shape index (κ3) is 3.77. The summed E-state index contributed by atoms with van der Waals surface area (Å²) in [4.78, 5) is 4.55. The van der Waals surface area contributed by atoms with Crippen molar-refractivity contribution in [2.45, 2.75) is 13.0 Å². The molecule has 0 saturated carbocycles. The highest BCUT2D eigenvalue weighted by Gasteiger charge is 2.17. The molecule has 2 aromatic carbocycles. The lowest BCUT2D eigenvalue weighted by atomic mass is 10.1. The van der Waals surface area contributed by atoms with E-state index in [1.807, 2.05) is 24.3 Å². The number of aliphatic imine (C=N–C) groups is 1. The Balaban J connectivity index is 1.88. The Labute approximate surface area is 151 Å². The molecule has 1 aliphatic heterocycles. The molecule has 126 valence electrons. The quantitative estimate of drug-likeness (QED) is 0.858. The number of methoxy groups -OCH3 is 1. The van der Waals surface area contributed by atoms with Crippen LogP contribution in [0, 0.1) is 0 Å². The lowest BCUT2D eigenvalue weighted by molar-refractivity contribution is 0.284. The average molecular weight is 365 g/mol. The van der Waals surface area contributed by atoms with Crippen LogP contribution in [0.5, 0.6) is 11.5 Å². The minimum Gasteiger partial charge on any atom is -0.493 e. The van der Waals surface area contributed by atoms with Crippen molar-refractivity contribution in [2.75, 3.05) is 20.2 Å². The molecule has 6 heteroatoms. The standard InChI is InChI=1S/C18H18Cl2N2O2/c1-23-16-5-2-4-13(18-21-8-3-9-22-18)17(16)24-11-12-6-7-14(19)15(20)10-12/h2,4-7,10H,3,8-9,11H2,1H3,(H,21,22). The number of para-hydroxylation sites is 1. The number of benzene rings is 2. The van der Waals surface area contributed by atoms with E-state index in [2.05, 4.69) is 10.3 Å². The van der Waals surface area contributed by atoms with E-state index in [0.717, 1.165) is 36.5 Å². The maximum Gasteiger partial charge on any atom is 0.172 e. The minimum atomic E-state index is 0.359. The Bertz CT molecular complexity index is 763. The number of halogens is 2. The first-order chi connectivity index (χ1) is 11.7. The van der Waals surface area contributed by atoms with Gasteiger partial charge in [-0.1, -0.05) is 35.3 Å². The highest BCUT2D eigenvalue weighted by atomic mass is 35.5. The van der Waals surface area contributed by atoms with E-state index in [9.17, 15) is 0 Å². The van der Waals surface area contributed by atoms with Gasteiger partial charge >= 0.3 is 0 Å². The van der Waals surface area contributed by atoms with E-state index < -0.39 is 0 Å². The van der Waals surface area contributed by atoms with Crippen LogP contribution in [-0.2, 0) is 6.61 Å². The molecule has 0 radical (unpaired) electrons. The van der Waals surface area contributed by atoms with Gasteiger partial charge in [0.1, 0.15) is 12.4 Å². The second-order valence-electron chi connectivity index (χ2n) is 5.38. The Morgan fingerprint density at radius 3 is 2.75 bits per heavy atom. The van der Waals surface area contributed by atoms with Crippen LogP contribution in [0.4, 0.5) is 0 Å². The van der Waals surface area contributed by atoms with Crippen LogP contribution in [0.3, 0.4) is 0 Å². The SMILES string of the molecule is COc1cccc(C2=NCCCN2)c1OCc1ccc(Cl)c(Cl)c1. The molecule has 0 spiro atoms. The minimum absolute atomic E-state index is 0.359. The topological polar surface area (TPSA) is 42.8 Å². The molecule has 0 fully saturated rings. The molecule has 4 nitrogen and oxygen atoms in total. The fourth-order valence-corrected chi connectivity index (χ4v) is 2.83. The van der Waals surface area contributed by atoms with Crippen molar-refractivity contribution < 1.29 is 9.47 Å². The highest BCUT2D eigenvalue weighted by molar-refractivity contribution is 6.42. The molecule has 0 saturated heterocycles. The number of amidine groups is 1. The van der Waals surface area contributed by atoms with Gasteiger partial charge in [0.05, 0.1) is 22.7 Å². The first kappa shape index (κ1) is 16.9. The van der Waals surface area contributed by atoms with E-state index in [-0.39, 0.29) is 0 Å². The van der Waals surface area contributed by atoms with Gasteiger partial charge in [0.15, 0.2) is 11.5 Å². The van der Waals surface area contributed by atoms with Crippen molar-refractivity contribution in [1.82, 2.24) is 5.32 Å². The second-order valence-corrected chi connectivity index (χ2v) is 6.20. The van der Waals surface area contributed by atoms with Gasteiger partial charge in [0.2, 0.25) is 0 Å². The third-order valence-corrected chi connectivity index (χ3v) is 4.46. The number of hydrogen-bond acceptors (Lipinski definition) is 4. The van der Waals surface area contributed by atoms with Crippen LogP contribution in [-0.4, -0.2) is 26.0 Å². The molecule has 1 aliphatic rings. The summed E-state index contributed by atoms with van der Waals surface area (Å²) in [7, 11) is 1.63. The van der Waals surface area contributed by atoms with Gasteiger partial charge in [-0.15, -0.1) is 0 Å². The molecule has 0 amide bonds. The second kappa shape index (κ2) is 7.77. The monoisotopic (exact) mass is 364 g/mol. The zero-order valence-corrected chi connectivity index (χ0v) is 14.8. The molecule has 1 N–H and O–H groups in total. The van der Waals surface area contributed by atoms with E-state index in [1.165, 1.54) is 0 Å². The summed E-state index contributed by atoms with van der Waals surface area (Å²) in [5.74, 6) is 2.17. The largest absolute Gasteiger partial charge is 0.493 e. The van der Waals surface area contributed by atoms with Gasteiger partial charge in [-0.2, -0.15) is 0 Å². The zero-order valence-electron chi connectivity index (χ0n) is 13.3. The average Bonchev–Trinajstić information content (AvgIpc) is 2.63. The molecular formula is C18H18Cl2N2O2. The Morgan fingerprint density at radius 2 is 2.04 bits per heavy atom. The van der Waals surface area contributed by atoms with Crippen molar-refractivity contribution in [2.24, 2.45) is 4.99 Å². The van der Waals surface area contributed by atoms with Gasteiger partial charge in [0.25, 0.3) is 0 Å². The predicted octanol–water partition coefficient (Wildman–Crippen LogP) is 4.32. The number of ether oxygens (including phenoxy) is 2. The van der Waals surface area contributed by atoms with Gasteiger partial charge in [-0.3, -0.25) is 4.99 Å². The van der Waals surface area contributed by atoms with Gasteiger partial charge < -0.3 is 14.8 Å². The zero-order chi connectivity index (χ0) is 16.9. The van der Waals surface area contributed by atoms with Crippen molar-refractivity contribution in [3.63, 3.8) is 0 Å². The van der Waals surface area contributed by atoms with Gasteiger partial charge in [-0.25, -0.2) is 0 Å². The summed E-state index contributed by atoms with van der Waals surface area (Å²) >= 11 is 12.0. The normalized spacial score (nSPS) is 13.9. The van der Waals surface area contributed by atoms with Crippen molar-refractivity contribution in [1.29, 1.82) is 0 Å². The highest BCUT2D eigenvalue weighted by Crippen LogP contribution is 2.33. The Hall–Kier alpha value is -1.91. The Morgan fingerprint density at radius 1 is 1.17 bits per heavy atom. The fourth-order valence-electron chi connectivity index (χ4n) is 2.51. The smallest absolute Gasteiger partial charge is 0.172 e. The summed E-state index contributed by atoms with van der Waals surface area (Å²) in [5.41, 5.74) is 1.83. The maximum atomic E-state index is 6.07. The molecule has 0 bridgehead atoms. The molecular weight excluding hydrogens is 347 g/mol. The lowest BCUT2D eigenvalue weighted by Gasteiger charge is -2.19. The molecule has 0 aliphatic carbocycles. The predicted molar refractivity (Wildman–Crippen MR) is 97.8 cm³/mol. The molecule has 24 heavy (non-hydrogen) atoms.